The summed E-state index contributed by atoms with van der Waals surface area (Å²) in [5.74, 6) is 0.995. The maximum Gasteiger partial charge on any atom is 0.144 e. The van der Waals surface area contributed by atoms with Crippen LogP contribution in [0.3, 0.4) is 0 Å². The van der Waals surface area contributed by atoms with Crippen LogP contribution in [0.25, 0.3) is 0 Å². The van der Waals surface area contributed by atoms with Gasteiger partial charge in [0.2, 0.25) is 0 Å². The first-order valence-corrected chi connectivity index (χ1v) is 6.53. The molecule has 0 fully saturated rings. The maximum atomic E-state index is 8.70. The second-order valence-electron chi connectivity index (χ2n) is 5.34. The number of ether oxygens (including phenoxy) is 1. The number of nitrogens with zero attached hydrogens (tertiary/aromatic N) is 1. The molecule has 3 N–H and O–H groups in total. The summed E-state index contributed by atoms with van der Waals surface area (Å²) in [4.78, 5) is 0. The number of hydrogen-bond acceptors (Lipinski definition) is 3. The van der Waals surface area contributed by atoms with Gasteiger partial charge in [-0.1, -0.05) is 30.6 Å². The summed E-state index contributed by atoms with van der Waals surface area (Å²) < 4.78 is 5.70. The summed E-state index contributed by atoms with van der Waals surface area (Å²) in [6.45, 7) is 8.20. The van der Waals surface area contributed by atoms with E-state index >= 15 is 0 Å². The lowest BCUT2D eigenvalue weighted by Crippen LogP contribution is -2.33. The smallest absolute Gasteiger partial charge is 0.144 e. The molecule has 5 heteroatoms. The predicted molar refractivity (Wildman–Crippen MR) is 78.2 cm³/mol. The highest BCUT2D eigenvalue weighted by atomic mass is 35.5. The molecule has 0 amide bonds. The van der Waals surface area contributed by atoms with Crippen LogP contribution in [0.5, 0.6) is 5.75 Å². The molecule has 0 saturated heterocycles. The maximum absolute atomic E-state index is 8.70. The predicted octanol–water partition coefficient (Wildman–Crippen LogP) is 3.50. The summed E-state index contributed by atoms with van der Waals surface area (Å²) in [6.07, 6.45) is 0.656. The number of hydrogen-bond donors (Lipinski definition) is 2. The zero-order valence-corrected chi connectivity index (χ0v) is 12.6. The van der Waals surface area contributed by atoms with E-state index in [1.165, 1.54) is 0 Å². The van der Waals surface area contributed by atoms with Gasteiger partial charge in [0.25, 0.3) is 0 Å². The fraction of sp³-hybridized carbons (Fsp3) is 0.500. The van der Waals surface area contributed by atoms with Crippen molar-refractivity contribution in [3.05, 3.63) is 28.3 Å². The van der Waals surface area contributed by atoms with E-state index in [1.807, 2.05) is 39.8 Å². The van der Waals surface area contributed by atoms with Gasteiger partial charge in [0.1, 0.15) is 11.6 Å². The minimum absolute atomic E-state index is 0.208. The van der Waals surface area contributed by atoms with Gasteiger partial charge in [-0.3, -0.25) is 0 Å². The molecule has 0 atom stereocenters. The highest BCUT2D eigenvalue weighted by Gasteiger charge is 2.23. The van der Waals surface area contributed by atoms with Crippen molar-refractivity contribution >= 4 is 17.4 Å². The molecule has 0 aliphatic rings. The van der Waals surface area contributed by atoms with Gasteiger partial charge in [0, 0.05) is 10.4 Å². The van der Waals surface area contributed by atoms with Gasteiger partial charge in [0.15, 0.2) is 0 Å². The van der Waals surface area contributed by atoms with Crippen molar-refractivity contribution in [3.8, 4) is 5.75 Å². The molecule has 0 bridgehead atoms. The molecule has 106 valence electrons. The van der Waals surface area contributed by atoms with Crippen LogP contribution in [0, 0.1) is 19.3 Å². The molecular weight excluding hydrogens is 264 g/mol. The topological polar surface area (TPSA) is 67.8 Å². The number of benzene rings is 1. The highest BCUT2D eigenvalue weighted by molar-refractivity contribution is 6.32. The largest absolute Gasteiger partial charge is 0.494 e. The number of halogens is 1. The zero-order chi connectivity index (χ0) is 14.6. The summed E-state index contributed by atoms with van der Waals surface area (Å²) in [6, 6.07) is 3.82. The van der Waals surface area contributed by atoms with E-state index in [0.29, 0.717) is 13.0 Å². The van der Waals surface area contributed by atoms with Crippen molar-refractivity contribution in [2.45, 2.75) is 34.1 Å². The average molecular weight is 285 g/mol. The average Bonchev–Trinajstić information content (AvgIpc) is 2.34. The monoisotopic (exact) mass is 284 g/mol. The van der Waals surface area contributed by atoms with Crippen LogP contribution in [0.1, 0.15) is 31.4 Å². The second-order valence-corrected chi connectivity index (χ2v) is 5.72. The Morgan fingerprint density at radius 3 is 2.37 bits per heavy atom. The van der Waals surface area contributed by atoms with Crippen LogP contribution in [0.15, 0.2) is 17.3 Å². The first kappa shape index (κ1) is 15.6. The Morgan fingerprint density at radius 1 is 1.37 bits per heavy atom. The second kappa shape index (κ2) is 6.15. The molecular formula is C14H21ClN2O2. The lowest BCUT2D eigenvalue weighted by molar-refractivity contribution is 0.259. The Hall–Kier alpha value is -1.42. The quantitative estimate of drug-likeness (QED) is 0.376. The van der Waals surface area contributed by atoms with Crippen molar-refractivity contribution in [2.75, 3.05) is 6.61 Å². The van der Waals surface area contributed by atoms with Crippen molar-refractivity contribution in [1.29, 1.82) is 0 Å². The molecule has 19 heavy (non-hydrogen) atoms. The number of rotatable bonds is 5. The lowest BCUT2D eigenvalue weighted by Gasteiger charge is -2.22. The third-order valence-corrected chi connectivity index (χ3v) is 3.80. The van der Waals surface area contributed by atoms with Crippen LogP contribution in [-0.2, 0) is 0 Å². The molecule has 0 unspecified atom stereocenters. The summed E-state index contributed by atoms with van der Waals surface area (Å²) in [5.41, 5.74) is 7.21. The fourth-order valence-corrected chi connectivity index (χ4v) is 1.79. The van der Waals surface area contributed by atoms with Gasteiger partial charge >= 0.3 is 0 Å². The van der Waals surface area contributed by atoms with Crippen molar-refractivity contribution in [2.24, 2.45) is 16.3 Å². The van der Waals surface area contributed by atoms with E-state index in [1.54, 1.807) is 0 Å². The Morgan fingerprint density at radius 2 is 1.89 bits per heavy atom. The van der Waals surface area contributed by atoms with Crippen LogP contribution in [0.2, 0.25) is 5.02 Å². The Kier molecular flexibility index (Phi) is 5.06. The van der Waals surface area contributed by atoms with Crippen LogP contribution in [0.4, 0.5) is 0 Å². The summed E-state index contributed by atoms with van der Waals surface area (Å²) >= 11 is 6.10. The van der Waals surface area contributed by atoms with Crippen molar-refractivity contribution in [1.82, 2.24) is 0 Å². The molecule has 0 aliphatic heterocycles. The molecule has 1 rings (SSSR count). The van der Waals surface area contributed by atoms with Crippen molar-refractivity contribution in [3.63, 3.8) is 0 Å². The lowest BCUT2D eigenvalue weighted by atomic mass is 9.88. The Labute approximate surface area is 119 Å². The minimum Gasteiger partial charge on any atom is -0.494 e. The molecule has 0 heterocycles. The van der Waals surface area contributed by atoms with E-state index in [4.69, 9.17) is 27.3 Å². The Bertz CT molecular complexity index is 461. The molecule has 0 aromatic heterocycles. The SMILES string of the molecule is Cc1cc(OCCC(C)(C)C(N)=NO)cc(C)c1Cl. The summed E-state index contributed by atoms with van der Waals surface area (Å²) in [5, 5.41) is 12.5. The van der Waals surface area contributed by atoms with Crippen LogP contribution < -0.4 is 10.5 Å². The number of aryl methyl sites for hydroxylation is 2. The third kappa shape index (κ3) is 4.03. The minimum atomic E-state index is -0.398. The van der Waals surface area contributed by atoms with E-state index in [2.05, 4.69) is 5.16 Å². The van der Waals surface area contributed by atoms with E-state index in [-0.39, 0.29) is 5.84 Å². The van der Waals surface area contributed by atoms with Gasteiger partial charge in [-0.05, 0) is 43.5 Å². The van der Waals surface area contributed by atoms with Crippen molar-refractivity contribution < 1.29 is 9.94 Å². The highest BCUT2D eigenvalue weighted by Crippen LogP contribution is 2.27. The van der Waals surface area contributed by atoms with E-state index in [0.717, 1.165) is 21.9 Å². The molecule has 1 aromatic carbocycles. The molecule has 4 nitrogen and oxygen atoms in total. The molecule has 1 aromatic rings. The van der Waals surface area contributed by atoms with Gasteiger partial charge in [-0.25, -0.2) is 0 Å². The summed E-state index contributed by atoms with van der Waals surface area (Å²) in [7, 11) is 0. The number of nitrogens with two attached hydrogens (primary N) is 1. The molecule has 0 saturated carbocycles. The molecule has 0 spiro atoms. The normalized spacial score (nSPS) is 12.6. The van der Waals surface area contributed by atoms with E-state index in [9.17, 15) is 0 Å². The molecule has 0 radical (unpaired) electrons. The number of oxime groups is 1. The van der Waals surface area contributed by atoms with Crippen LogP contribution >= 0.6 is 11.6 Å². The van der Waals surface area contributed by atoms with E-state index < -0.39 is 5.41 Å². The first-order valence-electron chi connectivity index (χ1n) is 6.15. The van der Waals surface area contributed by atoms with Gasteiger partial charge < -0.3 is 15.7 Å². The molecule has 0 aliphatic carbocycles. The fourth-order valence-electron chi connectivity index (χ4n) is 1.68. The van der Waals surface area contributed by atoms with Gasteiger partial charge in [-0.15, -0.1) is 0 Å². The third-order valence-electron chi connectivity index (χ3n) is 3.21. The van der Waals surface area contributed by atoms with Gasteiger partial charge in [0.05, 0.1) is 6.61 Å². The van der Waals surface area contributed by atoms with Crippen LogP contribution in [-0.4, -0.2) is 17.6 Å². The Balaban J connectivity index is 2.64. The number of amidine groups is 1. The zero-order valence-electron chi connectivity index (χ0n) is 11.8. The van der Waals surface area contributed by atoms with Gasteiger partial charge in [-0.2, -0.15) is 0 Å². The standard InChI is InChI=1S/C14H21ClN2O2/c1-9-7-11(8-10(2)12(9)15)19-6-5-14(3,4)13(16)17-18/h7-8,18H,5-6H2,1-4H3,(H2,16,17). The first-order chi connectivity index (χ1) is 8.77.